The molecule has 2 N–H and O–H groups in total. The molecule has 1 saturated carbocycles. The zero-order chi connectivity index (χ0) is 13.8. The zero-order valence-corrected chi connectivity index (χ0v) is 10.6. The Hall–Kier alpha value is -1.07. The van der Waals surface area contributed by atoms with E-state index in [1.807, 2.05) is 0 Å². The minimum Gasteiger partial charge on any atom is -0.394 e. The molecule has 0 aliphatic heterocycles. The molecule has 0 saturated heterocycles. The maximum atomic E-state index is 13.2. The SMILES string of the molecule is OCC(NCC1CCCC1)c1cc(F)c(F)c(F)c1. The topological polar surface area (TPSA) is 32.3 Å². The summed E-state index contributed by atoms with van der Waals surface area (Å²) in [7, 11) is 0. The smallest absolute Gasteiger partial charge is 0.194 e. The van der Waals surface area contributed by atoms with Gasteiger partial charge >= 0.3 is 0 Å². The molecule has 2 nitrogen and oxygen atoms in total. The van der Waals surface area contributed by atoms with Crippen molar-refractivity contribution in [1.82, 2.24) is 5.32 Å². The Balaban J connectivity index is 2.04. The number of benzene rings is 1. The summed E-state index contributed by atoms with van der Waals surface area (Å²) in [6, 6.07) is 1.30. The quantitative estimate of drug-likeness (QED) is 0.808. The zero-order valence-electron chi connectivity index (χ0n) is 10.6. The van der Waals surface area contributed by atoms with Gasteiger partial charge in [-0.1, -0.05) is 12.8 Å². The van der Waals surface area contributed by atoms with Crippen LogP contribution >= 0.6 is 0 Å². The molecule has 2 rings (SSSR count). The van der Waals surface area contributed by atoms with E-state index in [1.54, 1.807) is 0 Å². The Morgan fingerprint density at radius 2 is 1.74 bits per heavy atom. The van der Waals surface area contributed by atoms with Crippen LogP contribution in [0.15, 0.2) is 12.1 Å². The molecule has 0 bridgehead atoms. The Morgan fingerprint density at radius 1 is 1.16 bits per heavy atom. The third-order valence-electron chi connectivity index (χ3n) is 3.72. The van der Waals surface area contributed by atoms with Crippen molar-refractivity contribution >= 4 is 0 Å². The maximum absolute atomic E-state index is 13.2. The predicted octanol–water partition coefficient (Wildman–Crippen LogP) is 2.92. The normalized spacial score (nSPS) is 17.9. The highest BCUT2D eigenvalue weighted by molar-refractivity contribution is 5.22. The maximum Gasteiger partial charge on any atom is 0.194 e. The summed E-state index contributed by atoms with van der Waals surface area (Å²) in [6.07, 6.45) is 4.68. The molecular formula is C14H18F3NO. The van der Waals surface area contributed by atoms with Gasteiger partial charge in [0.25, 0.3) is 0 Å². The molecule has 0 radical (unpaired) electrons. The summed E-state index contributed by atoms with van der Waals surface area (Å²) in [5, 5.41) is 12.4. The van der Waals surface area contributed by atoms with Crippen LogP contribution in [0.4, 0.5) is 13.2 Å². The van der Waals surface area contributed by atoms with Crippen LogP contribution in [0.3, 0.4) is 0 Å². The number of hydrogen-bond donors (Lipinski definition) is 2. The van der Waals surface area contributed by atoms with Gasteiger partial charge in [-0.2, -0.15) is 0 Å². The third kappa shape index (κ3) is 3.48. The summed E-state index contributed by atoms with van der Waals surface area (Å²) < 4.78 is 39.2. The fourth-order valence-electron chi connectivity index (χ4n) is 2.59. The lowest BCUT2D eigenvalue weighted by atomic mass is 10.0. The van der Waals surface area contributed by atoms with Gasteiger partial charge < -0.3 is 10.4 Å². The second-order valence-electron chi connectivity index (χ2n) is 5.09. The Bertz CT molecular complexity index is 410. The van der Waals surface area contributed by atoms with Crippen LogP contribution in [-0.2, 0) is 0 Å². The molecule has 5 heteroatoms. The predicted molar refractivity (Wildman–Crippen MR) is 66.1 cm³/mol. The molecule has 0 amide bonds. The van der Waals surface area contributed by atoms with Crippen molar-refractivity contribution in [2.45, 2.75) is 31.7 Å². The Labute approximate surface area is 110 Å². The molecule has 1 aromatic rings. The highest BCUT2D eigenvalue weighted by Crippen LogP contribution is 2.25. The lowest BCUT2D eigenvalue weighted by Gasteiger charge is -2.19. The van der Waals surface area contributed by atoms with Crippen LogP contribution in [0, 0.1) is 23.4 Å². The largest absolute Gasteiger partial charge is 0.394 e. The van der Waals surface area contributed by atoms with Gasteiger partial charge in [0.1, 0.15) is 0 Å². The number of aliphatic hydroxyl groups excluding tert-OH is 1. The first-order valence-electron chi connectivity index (χ1n) is 6.60. The Kier molecular flexibility index (Phi) is 4.82. The van der Waals surface area contributed by atoms with Crippen molar-refractivity contribution in [3.05, 3.63) is 35.1 Å². The standard InChI is InChI=1S/C14H18F3NO/c15-11-5-10(6-12(16)14(11)17)13(8-19)18-7-9-3-1-2-4-9/h5-6,9,13,18-19H,1-4,7-8H2. The molecule has 1 unspecified atom stereocenters. The average Bonchev–Trinajstić information content (AvgIpc) is 2.89. The number of aliphatic hydroxyl groups is 1. The molecule has 1 atom stereocenters. The van der Waals surface area contributed by atoms with Crippen molar-refractivity contribution in [2.24, 2.45) is 5.92 Å². The Morgan fingerprint density at radius 3 is 2.26 bits per heavy atom. The van der Waals surface area contributed by atoms with Gasteiger partial charge in [0.15, 0.2) is 17.5 Å². The van der Waals surface area contributed by atoms with Crippen molar-refractivity contribution in [3.63, 3.8) is 0 Å². The molecule has 1 aromatic carbocycles. The summed E-state index contributed by atoms with van der Waals surface area (Å²) in [5.41, 5.74) is 0.233. The fraction of sp³-hybridized carbons (Fsp3) is 0.571. The number of rotatable bonds is 5. The first-order valence-corrected chi connectivity index (χ1v) is 6.60. The highest BCUT2D eigenvalue weighted by atomic mass is 19.2. The summed E-state index contributed by atoms with van der Waals surface area (Å²) in [4.78, 5) is 0. The van der Waals surface area contributed by atoms with E-state index in [0.717, 1.165) is 25.0 Å². The molecule has 1 aliphatic carbocycles. The van der Waals surface area contributed by atoms with Crippen LogP contribution < -0.4 is 5.32 Å². The van der Waals surface area contributed by atoms with Crippen LogP contribution in [0.5, 0.6) is 0 Å². The first kappa shape index (κ1) is 14.3. The van der Waals surface area contributed by atoms with E-state index in [4.69, 9.17) is 0 Å². The summed E-state index contributed by atoms with van der Waals surface area (Å²) in [5.74, 6) is -3.38. The van der Waals surface area contributed by atoms with Gasteiger partial charge in [-0.15, -0.1) is 0 Å². The van der Waals surface area contributed by atoms with Crippen molar-refractivity contribution in [1.29, 1.82) is 0 Å². The first-order chi connectivity index (χ1) is 9.11. The lowest BCUT2D eigenvalue weighted by Crippen LogP contribution is -2.29. The number of halogens is 3. The molecule has 0 spiro atoms. The molecule has 0 aromatic heterocycles. The van der Waals surface area contributed by atoms with Gasteiger partial charge in [-0.05, 0) is 43.0 Å². The van der Waals surface area contributed by atoms with E-state index in [9.17, 15) is 18.3 Å². The summed E-state index contributed by atoms with van der Waals surface area (Å²) in [6.45, 7) is 0.420. The van der Waals surface area contributed by atoms with E-state index in [-0.39, 0.29) is 12.2 Å². The molecule has 106 valence electrons. The second kappa shape index (κ2) is 6.39. The molecule has 0 heterocycles. The number of hydrogen-bond acceptors (Lipinski definition) is 2. The lowest BCUT2D eigenvalue weighted by molar-refractivity contribution is 0.238. The highest BCUT2D eigenvalue weighted by Gasteiger charge is 2.19. The van der Waals surface area contributed by atoms with E-state index in [1.165, 1.54) is 12.8 Å². The van der Waals surface area contributed by atoms with E-state index in [0.29, 0.717) is 12.5 Å². The van der Waals surface area contributed by atoms with Crippen molar-refractivity contribution in [3.8, 4) is 0 Å². The fourth-order valence-corrected chi connectivity index (χ4v) is 2.59. The average molecular weight is 273 g/mol. The van der Waals surface area contributed by atoms with E-state index in [2.05, 4.69) is 5.32 Å². The van der Waals surface area contributed by atoms with Gasteiger partial charge in [0.05, 0.1) is 12.6 Å². The molecule has 1 aliphatic rings. The van der Waals surface area contributed by atoms with E-state index >= 15 is 0 Å². The van der Waals surface area contributed by atoms with Gasteiger partial charge in [-0.3, -0.25) is 0 Å². The van der Waals surface area contributed by atoms with E-state index < -0.39 is 23.5 Å². The monoisotopic (exact) mass is 273 g/mol. The van der Waals surface area contributed by atoms with Crippen LogP contribution in [0.2, 0.25) is 0 Å². The second-order valence-corrected chi connectivity index (χ2v) is 5.09. The molecule has 1 fully saturated rings. The minimum absolute atomic E-state index is 0.233. The van der Waals surface area contributed by atoms with Gasteiger partial charge in [0, 0.05) is 0 Å². The third-order valence-corrected chi connectivity index (χ3v) is 3.72. The van der Waals surface area contributed by atoms with Crippen LogP contribution in [0.25, 0.3) is 0 Å². The van der Waals surface area contributed by atoms with Gasteiger partial charge in [-0.25, -0.2) is 13.2 Å². The summed E-state index contributed by atoms with van der Waals surface area (Å²) >= 11 is 0. The minimum atomic E-state index is -1.48. The van der Waals surface area contributed by atoms with Crippen LogP contribution in [0.1, 0.15) is 37.3 Å². The van der Waals surface area contributed by atoms with Crippen molar-refractivity contribution < 1.29 is 18.3 Å². The number of nitrogens with one attached hydrogen (secondary N) is 1. The van der Waals surface area contributed by atoms with Crippen molar-refractivity contribution in [2.75, 3.05) is 13.2 Å². The molecular weight excluding hydrogens is 255 g/mol. The molecule has 19 heavy (non-hydrogen) atoms. The van der Waals surface area contributed by atoms with Gasteiger partial charge in [0.2, 0.25) is 0 Å². The van der Waals surface area contributed by atoms with Crippen LogP contribution in [-0.4, -0.2) is 18.3 Å².